The number of carboxylic acids is 1. The van der Waals surface area contributed by atoms with Gasteiger partial charge in [-0.1, -0.05) is 6.42 Å². The van der Waals surface area contributed by atoms with E-state index < -0.39 is 17.9 Å². The van der Waals surface area contributed by atoms with Crippen LogP contribution in [0.3, 0.4) is 0 Å². The van der Waals surface area contributed by atoms with Gasteiger partial charge < -0.3 is 15.3 Å². The third kappa shape index (κ3) is 3.98. The highest BCUT2D eigenvalue weighted by Crippen LogP contribution is 2.48. The van der Waals surface area contributed by atoms with E-state index in [1.54, 1.807) is 23.2 Å². The van der Waals surface area contributed by atoms with Crippen molar-refractivity contribution in [3.8, 4) is 0 Å². The molecule has 3 heterocycles. The van der Waals surface area contributed by atoms with Crippen LogP contribution in [0, 0.1) is 11.8 Å². The molecule has 2 aromatic heterocycles. The smallest absolute Gasteiger partial charge is 0.306 e. The van der Waals surface area contributed by atoms with Crippen LogP contribution in [0.15, 0.2) is 18.3 Å². The van der Waals surface area contributed by atoms with Crippen molar-refractivity contribution in [2.75, 3.05) is 0 Å². The lowest BCUT2D eigenvalue weighted by atomic mass is 9.85. The molecule has 5 rings (SSSR count). The summed E-state index contributed by atoms with van der Waals surface area (Å²) in [6.07, 6.45) is 5.67. The molecular formula is C23H27N5O5. The number of carboxylic acid groups (broad SMARTS) is 1. The molecule has 174 valence electrons. The van der Waals surface area contributed by atoms with Crippen LogP contribution in [0.25, 0.3) is 11.0 Å². The van der Waals surface area contributed by atoms with Gasteiger partial charge in [-0.25, -0.2) is 9.67 Å². The second-order valence-electron chi connectivity index (χ2n) is 9.46. The van der Waals surface area contributed by atoms with Crippen LogP contribution in [0.4, 0.5) is 0 Å². The van der Waals surface area contributed by atoms with Gasteiger partial charge in [-0.05, 0) is 50.2 Å². The van der Waals surface area contributed by atoms with E-state index in [0.717, 1.165) is 19.3 Å². The van der Waals surface area contributed by atoms with Gasteiger partial charge in [0, 0.05) is 25.2 Å². The molecule has 2 aliphatic carbocycles. The first-order valence-electron chi connectivity index (χ1n) is 11.5. The highest BCUT2D eigenvalue weighted by Gasteiger charge is 2.56. The number of rotatable bonds is 6. The molecule has 3 aliphatic rings. The van der Waals surface area contributed by atoms with E-state index in [4.69, 9.17) is 0 Å². The maximum atomic E-state index is 13.3. The largest absolute Gasteiger partial charge is 0.481 e. The van der Waals surface area contributed by atoms with Crippen LogP contribution in [0.1, 0.15) is 55.9 Å². The van der Waals surface area contributed by atoms with Crippen molar-refractivity contribution in [2.45, 2.75) is 70.1 Å². The molecule has 2 saturated carbocycles. The summed E-state index contributed by atoms with van der Waals surface area (Å²) in [5, 5.41) is 17.2. The lowest BCUT2D eigenvalue weighted by Crippen LogP contribution is -2.52. The fourth-order valence-corrected chi connectivity index (χ4v) is 5.48. The SMILES string of the molecule is CC(=O)c1nn(CC(=O)N2[C@@H]3C[C@@H]3C[C@H]2C(=O)N[C@H]2CCC[C@@H](C(=O)O)C2)c2ncccc12. The maximum Gasteiger partial charge on any atom is 0.306 e. The molecule has 1 saturated heterocycles. The zero-order valence-electron chi connectivity index (χ0n) is 18.4. The molecular weight excluding hydrogens is 426 g/mol. The molecule has 2 aromatic rings. The second-order valence-corrected chi connectivity index (χ2v) is 9.46. The lowest BCUT2D eigenvalue weighted by Gasteiger charge is -2.31. The minimum atomic E-state index is -0.821. The number of nitrogens with one attached hydrogen (secondary N) is 1. The average Bonchev–Trinajstić information content (AvgIpc) is 3.29. The molecule has 10 nitrogen and oxygen atoms in total. The number of nitrogens with zero attached hydrogens (tertiary/aromatic N) is 4. The van der Waals surface area contributed by atoms with Crippen molar-refractivity contribution < 1.29 is 24.3 Å². The quantitative estimate of drug-likeness (QED) is 0.631. The van der Waals surface area contributed by atoms with Gasteiger partial charge in [-0.2, -0.15) is 5.10 Å². The number of hydrogen-bond donors (Lipinski definition) is 2. The molecule has 0 bridgehead atoms. The summed E-state index contributed by atoms with van der Waals surface area (Å²) in [5.41, 5.74) is 0.738. The van der Waals surface area contributed by atoms with Gasteiger partial charge >= 0.3 is 5.97 Å². The van der Waals surface area contributed by atoms with Gasteiger partial charge in [-0.3, -0.25) is 19.2 Å². The van der Waals surface area contributed by atoms with E-state index in [1.165, 1.54) is 11.6 Å². The van der Waals surface area contributed by atoms with E-state index in [0.29, 0.717) is 36.2 Å². The first-order chi connectivity index (χ1) is 15.8. The number of piperidine rings is 1. The van der Waals surface area contributed by atoms with Crippen molar-refractivity contribution in [3.05, 3.63) is 24.0 Å². The molecule has 0 aromatic carbocycles. The predicted molar refractivity (Wildman–Crippen MR) is 116 cm³/mol. The molecule has 0 spiro atoms. The first-order valence-corrected chi connectivity index (χ1v) is 11.5. The van der Waals surface area contributed by atoms with Crippen LogP contribution in [0.5, 0.6) is 0 Å². The topological polar surface area (TPSA) is 134 Å². The van der Waals surface area contributed by atoms with Crippen molar-refractivity contribution in [1.29, 1.82) is 0 Å². The second kappa shape index (κ2) is 8.24. The molecule has 1 aliphatic heterocycles. The maximum absolute atomic E-state index is 13.3. The van der Waals surface area contributed by atoms with Crippen LogP contribution in [0.2, 0.25) is 0 Å². The Morgan fingerprint density at radius 2 is 2.00 bits per heavy atom. The highest BCUT2D eigenvalue weighted by molar-refractivity contribution is 6.04. The van der Waals surface area contributed by atoms with E-state index in [2.05, 4.69) is 15.4 Å². The zero-order chi connectivity index (χ0) is 23.3. The number of Topliss-reactive ketones (excluding diaryl/α,β-unsaturated/α-hetero) is 1. The Bertz CT molecular complexity index is 1140. The number of aromatic nitrogens is 3. The van der Waals surface area contributed by atoms with Crippen molar-refractivity contribution in [1.82, 2.24) is 25.0 Å². The predicted octanol–water partition coefficient (Wildman–Crippen LogP) is 1.38. The fraction of sp³-hybridized carbons (Fsp3) is 0.565. The molecule has 0 radical (unpaired) electrons. The average molecular weight is 453 g/mol. The number of pyridine rings is 1. The van der Waals surface area contributed by atoms with Gasteiger partial charge in [-0.15, -0.1) is 0 Å². The summed E-state index contributed by atoms with van der Waals surface area (Å²) >= 11 is 0. The minimum Gasteiger partial charge on any atom is -0.481 e. The Kier molecular flexibility index (Phi) is 5.38. The number of carbonyl (C=O) groups excluding carboxylic acids is 3. The first kappa shape index (κ1) is 21.5. The van der Waals surface area contributed by atoms with Gasteiger partial charge in [0.05, 0.1) is 11.3 Å². The molecule has 10 heteroatoms. The monoisotopic (exact) mass is 453 g/mol. The standard InChI is InChI=1S/C23H27N5O5/c1-12(29)20-16-6-3-7-24-21(16)27(26-20)11-19(30)28-17-9-14(17)10-18(28)22(31)25-15-5-2-4-13(8-15)23(32)33/h3,6-7,13-15,17-18H,2,4-5,8-11H2,1H3,(H,25,31)(H,32,33)/t13-,14-,15+,17-,18+/m1/s1. The molecule has 3 fully saturated rings. The Morgan fingerprint density at radius 1 is 1.18 bits per heavy atom. The number of likely N-dealkylation sites (tertiary alicyclic amines) is 1. The van der Waals surface area contributed by atoms with Gasteiger partial charge in [0.15, 0.2) is 11.4 Å². The van der Waals surface area contributed by atoms with Crippen LogP contribution < -0.4 is 5.32 Å². The van der Waals surface area contributed by atoms with Crippen LogP contribution in [-0.4, -0.2) is 66.5 Å². The number of amides is 2. The normalized spacial score (nSPS) is 28.4. The van der Waals surface area contributed by atoms with Gasteiger partial charge in [0.2, 0.25) is 11.8 Å². The van der Waals surface area contributed by atoms with E-state index in [1.807, 2.05) is 0 Å². The summed E-state index contributed by atoms with van der Waals surface area (Å²) in [6.45, 7) is 1.33. The number of hydrogen-bond acceptors (Lipinski definition) is 6. The van der Waals surface area contributed by atoms with Gasteiger partial charge in [0.25, 0.3) is 0 Å². The zero-order valence-corrected chi connectivity index (χ0v) is 18.4. The van der Waals surface area contributed by atoms with E-state index in [-0.39, 0.29) is 41.9 Å². The Labute approximate surface area is 190 Å². The molecule has 0 unspecified atom stereocenters. The number of ketones is 1. The van der Waals surface area contributed by atoms with Crippen LogP contribution >= 0.6 is 0 Å². The lowest BCUT2D eigenvalue weighted by molar-refractivity contribution is -0.143. The summed E-state index contributed by atoms with van der Waals surface area (Å²) in [7, 11) is 0. The van der Waals surface area contributed by atoms with E-state index >= 15 is 0 Å². The summed E-state index contributed by atoms with van der Waals surface area (Å²) in [4.78, 5) is 55.7. The third-order valence-corrected chi connectivity index (χ3v) is 7.19. The Balaban J connectivity index is 1.31. The summed E-state index contributed by atoms with van der Waals surface area (Å²) in [5.74, 6) is -1.57. The summed E-state index contributed by atoms with van der Waals surface area (Å²) in [6, 6.07) is 2.78. The van der Waals surface area contributed by atoms with Crippen molar-refractivity contribution >= 4 is 34.6 Å². The fourth-order valence-electron chi connectivity index (χ4n) is 5.48. The minimum absolute atomic E-state index is 0.0495. The van der Waals surface area contributed by atoms with Crippen LogP contribution in [-0.2, 0) is 20.9 Å². The third-order valence-electron chi connectivity index (χ3n) is 7.19. The molecule has 33 heavy (non-hydrogen) atoms. The summed E-state index contributed by atoms with van der Waals surface area (Å²) < 4.78 is 1.44. The highest BCUT2D eigenvalue weighted by atomic mass is 16.4. The Hall–Kier alpha value is -3.30. The molecule has 5 atom stereocenters. The Morgan fingerprint density at radius 3 is 2.76 bits per heavy atom. The van der Waals surface area contributed by atoms with Crippen molar-refractivity contribution in [2.24, 2.45) is 11.8 Å². The number of fused-ring (bicyclic) bond motifs is 2. The molecule has 2 amide bonds. The number of carbonyl (C=O) groups is 4. The number of aliphatic carboxylic acids is 1. The van der Waals surface area contributed by atoms with E-state index in [9.17, 15) is 24.3 Å². The van der Waals surface area contributed by atoms with Crippen molar-refractivity contribution in [3.63, 3.8) is 0 Å². The molecule has 2 N–H and O–H groups in total. The van der Waals surface area contributed by atoms with Gasteiger partial charge in [0.1, 0.15) is 18.3 Å².